The van der Waals surface area contributed by atoms with Crippen molar-refractivity contribution >= 4 is 0 Å². The first-order valence-corrected chi connectivity index (χ1v) is 6.94. The van der Waals surface area contributed by atoms with Crippen molar-refractivity contribution in [2.75, 3.05) is 13.1 Å². The summed E-state index contributed by atoms with van der Waals surface area (Å²) in [7, 11) is 0. The second-order valence-corrected chi connectivity index (χ2v) is 5.04. The van der Waals surface area contributed by atoms with Gasteiger partial charge in [-0.2, -0.15) is 0 Å². The minimum absolute atomic E-state index is 0.778. The van der Waals surface area contributed by atoms with E-state index in [0.717, 1.165) is 19.0 Å². The lowest BCUT2D eigenvalue weighted by Gasteiger charge is -2.19. The average molecular weight is 233 g/mol. The highest BCUT2D eigenvalue weighted by atomic mass is 14.8. The predicted octanol–water partition coefficient (Wildman–Crippen LogP) is 3.87. The first-order chi connectivity index (χ1) is 8.19. The number of hydrogen-bond acceptors (Lipinski definition) is 1. The molecule has 1 rings (SSSR count). The summed E-state index contributed by atoms with van der Waals surface area (Å²) >= 11 is 0. The Labute approximate surface area is 107 Å². The Hall–Kier alpha value is -0.820. The van der Waals surface area contributed by atoms with E-state index in [9.17, 15) is 0 Å². The molecule has 0 radical (unpaired) electrons. The van der Waals surface area contributed by atoms with Crippen molar-refractivity contribution in [2.45, 2.75) is 47.0 Å². The molecule has 1 unspecified atom stereocenters. The molecule has 1 nitrogen and oxygen atoms in total. The Morgan fingerprint density at radius 3 is 2.29 bits per heavy atom. The molecular formula is C16H27N. The van der Waals surface area contributed by atoms with E-state index in [4.69, 9.17) is 0 Å². The lowest BCUT2D eigenvalue weighted by molar-refractivity contribution is 0.443. The fourth-order valence-electron chi connectivity index (χ4n) is 2.49. The van der Waals surface area contributed by atoms with Gasteiger partial charge in [-0.05, 0) is 62.4 Å². The maximum absolute atomic E-state index is 3.49. The number of nitrogens with one attached hydrogen (secondary N) is 1. The molecule has 0 fully saturated rings. The van der Waals surface area contributed by atoms with E-state index >= 15 is 0 Å². The molecule has 96 valence electrons. The van der Waals surface area contributed by atoms with E-state index in [1.807, 2.05) is 0 Å². The molecule has 0 bridgehead atoms. The molecule has 0 aliphatic rings. The van der Waals surface area contributed by atoms with Crippen molar-refractivity contribution in [3.05, 3.63) is 34.9 Å². The van der Waals surface area contributed by atoms with Crippen molar-refractivity contribution in [1.29, 1.82) is 0 Å². The van der Waals surface area contributed by atoms with Crippen LogP contribution in [0.2, 0.25) is 0 Å². The third-order valence-corrected chi connectivity index (χ3v) is 3.52. The molecular weight excluding hydrogens is 206 g/mol. The molecule has 1 atom stereocenters. The van der Waals surface area contributed by atoms with Gasteiger partial charge in [-0.3, -0.25) is 0 Å². The highest BCUT2D eigenvalue weighted by Gasteiger charge is 2.11. The topological polar surface area (TPSA) is 12.0 Å². The Bertz CT molecular complexity index is 310. The monoisotopic (exact) mass is 233 g/mol. The summed E-state index contributed by atoms with van der Waals surface area (Å²) in [6, 6.07) is 6.63. The van der Waals surface area contributed by atoms with Crippen molar-refractivity contribution in [3.63, 3.8) is 0 Å². The van der Waals surface area contributed by atoms with Gasteiger partial charge in [0.2, 0.25) is 0 Å². The highest BCUT2D eigenvalue weighted by molar-refractivity contribution is 5.33. The fourth-order valence-corrected chi connectivity index (χ4v) is 2.49. The summed E-state index contributed by atoms with van der Waals surface area (Å²) in [6.45, 7) is 11.2. The molecule has 1 heteroatoms. The maximum Gasteiger partial charge on any atom is -0.00175 e. The van der Waals surface area contributed by atoms with Crippen molar-refractivity contribution in [3.8, 4) is 0 Å². The molecule has 0 amide bonds. The first kappa shape index (κ1) is 14.2. The average Bonchev–Trinajstić information content (AvgIpc) is 2.31. The summed E-state index contributed by atoms with van der Waals surface area (Å²) in [4.78, 5) is 0. The number of rotatable bonds is 7. The maximum atomic E-state index is 3.49. The Kier molecular flexibility index (Phi) is 6.28. The summed E-state index contributed by atoms with van der Waals surface area (Å²) in [5, 5.41) is 3.49. The molecule has 1 aromatic carbocycles. The van der Waals surface area contributed by atoms with Gasteiger partial charge in [0.1, 0.15) is 0 Å². The van der Waals surface area contributed by atoms with E-state index in [1.165, 1.54) is 30.4 Å². The van der Waals surface area contributed by atoms with Gasteiger partial charge in [-0.15, -0.1) is 0 Å². The second kappa shape index (κ2) is 7.50. The van der Waals surface area contributed by atoms with Crippen molar-refractivity contribution in [1.82, 2.24) is 5.32 Å². The standard InChI is InChI=1S/C16H27N/c1-5-8-15(12-17-6-2)11-16-13(3)9-7-10-14(16)4/h7,9-10,15,17H,5-6,8,11-12H2,1-4H3. The van der Waals surface area contributed by atoms with Gasteiger partial charge in [-0.1, -0.05) is 38.5 Å². The highest BCUT2D eigenvalue weighted by Crippen LogP contribution is 2.20. The Morgan fingerprint density at radius 2 is 1.76 bits per heavy atom. The first-order valence-electron chi connectivity index (χ1n) is 6.94. The van der Waals surface area contributed by atoms with Crippen LogP contribution >= 0.6 is 0 Å². The third-order valence-electron chi connectivity index (χ3n) is 3.52. The molecule has 1 N–H and O–H groups in total. The molecule has 17 heavy (non-hydrogen) atoms. The summed E-state index contributed by atoms with van der Waals surface area (Å²) in [6.07, 6.45) is 3.82. The van der Waals surface area contributed by atoms with Crippen LogP contribution in [0.4, 0.5) is 0 Å². The van der Waals surface area contributed by atoms with E-state index in [2.05, 4.69) is 51.2 Å². The van der Waals surface area contributed by atoms with Gasteiger partial charge >= 0.3 is 0 Å². The van der Waals surface area contributed by atoms with Crippen LogP contribution in [0.5, 0.6) is 0 Å². The molecule has 0 saturated carbocycles. The van der Waals surface area contributed by atoms with Crippen LogP contribution < -0.4 is 5.32 Å². The number of aryl methyl sites for hydroxylation is 2. The smallest absolute Gasteiger partial charge is 0.00175 e. The predicted molar refractivity (Wildman–Crippen MR) is 76.6 cm³/mol. The minimum Gasteiger partial charge on any atom is -0.317 e. The van der Waals surface area contributed by atoms with Crippen LogP contribution in [0, 0.1) is 19.8 Å². The van der Waals surface area contributed by atoms with Crippen LogP contribution in [-0.2, 0) is 6.42 Å². The zero-order valence-electron chi connectivity index (χ0n) is 11.8. The molecule has 0 aliphatic carbocycles. The number of benzene rings is 1. The van der Waals surface area contributed by atoms with E-state index < -0.39 is 0 Å². The van der Waals surface area contributed by atoms with E-state index in [0.29, 0.717) is 0 Å². The molecule has 1 aromatic rings. The largest absolute Gasteiger partial charge is 0.317 e. The minimum atomic E-state index is 0.778. The lowest BCUT2D eigenvalue weighted by Crippen LogP contribution is -2.24. The van der Waals surface area contributed by atoms with Crippen molar-refractivity contribution < 1.29 is 0 Å². The summed E-state index contributed by atoms with van der Waals surface area (Å²) in [5.74, 6) is 0.778. The summed E-state index contributed by atoms with van der Waals surface area (Å²) in [5.41, 5.74) is 4.45. The van der Waals surface area contributed by atoms with Crippen LogP contribution in [0.25, 0.3) is 0 Å². The van der Waals surface area contributed by atoms with Gasteiger partial charge in [-0.25, -0.2) is 0 Å². The summed E-state index contributed by atoms with van der Waals surface area (Å²) < 4.78 is 0. The van der Waals surface area contributed by atoms with Crippen molar-refractivity contribution in [2.24, 2.45) is 5.92 Å². The van der Waals surface area contributed by atoms with Gasteiger partial charge in [0.15, 0.2) is 0 Å². The zero-order valence-corrected chi connectivity index (χ0v) is 11.8. The third kappa shape index (κ3) is 4.51. The SMILES string of the molecule is CCCC(CNCC)Cc1c(C)cccc1C. The Morgan fingerprint density at radius 1 is 1.12 bits per heavy atom. The van der Waals surface area contributed by atoms with Crippen LogP contribution in [0.15, 0.2) is 18.2 Å². The number of hydrogen-bond donors (Lipinski definition) is 1. The quantitative estimate of drug-likeness (QED) is 0.754. The second-order valence-electron chi connectivity index (χ2n) is 5.04. The normalized spacial score (nSPS) is 12.7. The molecule has 0 heterocycles. The lowest BCUT2D eigenvalue weighted by atomic mass is 9.90. The van der Waals surface area contributed by atoms with Gasteiger partial charge in [0.25, 0.3) is 0 Å². The van der Waals surface area contributed by atoms with Crippen LogP contribution in [-0.4, -0.2) is 13.1 Å². The molecule has 0 spiro atoms. The van der Waals surface area contributed by atoms with E-state index in [1.54, 1.807) is 5.56 Å². The Balaban J connectivity index is 2.70. The van der Waals surface area contributed by atoms with Gasteiger partial charge in [0, 0.05) is 0 Å². The molecule has 0 saturated heterocycles. The van der Waals surface area contributed by atoms with Crippen LogP contribution in [0.1, 0.15) is 43.4 Å². The molecule has 0 aromatic heterocycles. The zero-order chi connectivity index (χ0) is 12.7. The van der Waals surface area contributed by atoms with Crippen LogP contribution in [0.3, 0.4) is 0 Å². The van der Waals surface area contributed by atoms with Gasteiger partial charge in [0.05, 0.1) is 0 Å². The molecule has 0 aliphatic heterocycles. The van der Waals surface area contributed by atoms with Gasteiger partial charge < -0.3 is 5.32 Å². The van der Waals surface area contributed by atoms with E-state index in [-0.39, 0.29) is 0 Å². The fraction of sp³-hybridized carbons (Fsp3) is 0.625.